The Bertz CT molecular complexity index is 604. The molecular formula is C21H28O3. The van der Waals surface area contributed by atoms with Gasteiger partial charge in [-0.3, -0.25) is 0 Å². The van der Waals surface area contributed by atoms with Gasteiger partial charge in [-0.1, -0.05) is 38.1 Å². The minimum atomic E-state index is -0.229. The first kappa shape index (κ1) is 18.3. The van der Waals surface area contributed by atoms with Crippen LogP contribution < -0.4 is 4.74 Å². The molecule has 0 saturated carbocycles. The second kappa shape index (κ2) is 8.74. The summed E-state index contributed by atoms with van der Waals surface area (Å²) in [4.78, 5) is 0. The zero-order valence-electron chi connectivity index (χ0n) is 15.0. The average molecular weight is 328 g/mol. The van der Waals surface area contributed by atoms with Crippen molar-refractivity contribution in [1.82, 2.24) is 0 Å². The van der Waals surface area contributed by atoms with Gasteiger partial charge in [0.1, 0.15) is 11.5 Å². The molecule has 0 fully saturated rings. The number of ether oxygens (including phenoxy) is 2. The van der Waals surface area contributed by atoms with Crippen LogP contribution in [0.2, 0.25) is 0 Å². The van der Waals surface area contributed by atoms with Gasteiger partial charge >= 0.3 is 0 Å². The SMILES string of the molecule is CCOC(C)Oc1ccc(C(C)CC(C)c2ccc(O)cc2)cc1. The number of aromatic hydroxyl groups is 1. The van der Waals surface area contributed by atoms with E-state index in [0.717, 1.165) is 12.2 Å². The van der Waals surface area contributed by atoms with Crippen LogP contribution in [-0.2, 0) is 4.74 Å². The van der Waals surface area contributed by atoms with Crippen molar-refractivity contribution < 1.29 is 14.6 Å². The summed E-state index contributed by atoms with van der Waals surface area (Å²) in [5, 5.41) is 9.40. The average Bonchev–Trinajstić information content (AvgIpc) is 2.56. The van der Waals surface area contributed by atoms with Crippen molar-refractivity contribution >= 4 is 0 Å². The number of rotatable bonds is 8. The summed E-state index contributed by atoms with van der Waals surface area (Å²) >= 11 is 0. The third-order valence-corrected chi connectivity index (χ3v) is 4.32. The predicted molar refractivity (Wildman–Crippen MR) is 97.7 cm³/mol. The van der Waals surface area contributed by atoms with E-state index in [0.29, 0.717) is 24.2 Å². The molecule has 24 heavy (non-hydrogen) atoms. The molecule has 0 saturated heterocycles. The Labute approximate surface area is 145 Å². The van der Waals surface area contributed by atoms with E-state index in [1.807, 2.05) is 38.1 Å². The molecule has 0 aliphatic heterocycles. The molecule has 0 aliphatic carbocycles. The van der Waals surface area contributed by atoms with Crippen LogP contribution in [0.15, 0.2) is 48.5 Å². The molecule has 1 N–H and O–H groups in total. The zero-order valence-corrected chi connectivity index (χ0v) is 15.0. The Morgan fingerprint density at radius 3 is 1.83 bits per heavy atom. The van der Waals surface area contributed by atoms with Crippen molar-refractivity contribution in [1.29, 1.82) is 0 Å². The lowest BCUT2D eigenvalue weighted by atomic mass is 9.87. The molecular weight excluding hydrogens is 300 g/mol. The van der Waals surface area contributed by atoms with Crippen molar-refractivity contribution in [2.45, 2.75) is 52.2 Å². The van der Waals surface area contributed by atoms with E-state index in [4.69, 9.17) is 9.47 Å². The molecule has 0 amide bonds. The Morgan fingerprint density at radius 1 is 0.833 bits per heavy atom. The Morgan fingerprint density at radius 2 is 1.33 bits per heavy atom. The molecule has 3 unspecified atom stereocenters. The molecule has 0 spiro atoms. The van der Waals surface area contributed by atoms with Gasteiger partial charge in [0.2, 0.25) is 0 Å². The largest absolute Gasteiger partial charge is 0.508 e. The van der Waals surface area contributed by atoms with Gasteiger partial charge in [0.05, 0.1) is 0 Å². The van der Waals surface area contributed by atoms with Gasteiger partial charge in [0, 0.05) is 6.61 Å². The first-order chi connectivity index (χ1) is 11.5. The summed E-state index contributed by atoms with van der Waals surface area (Å²) in [6, 6.07) is 15.8. The molecule has 130 valence electrons. The third-order valence-electron chi connectivity index (χ3n) is 4.32. The van der Waals surface area contributed by atoms with E-state index in [9.17, 15) is 5.11 Å². The Hall–Kier alpha value is -2.00. The van der Waals surface area contributed by atoms with E-state index in [1.54, 1.807) is 12.1 Å². The van der Waals surface area contributed by atoms with Gasteiger partial charge in [-0.2, -0.15) is 0 Å². The van der Waals surface area contributed by atoms with Crippen LogP contribution in [0.3, 0.4) is 0 Å². The van der Waals surface area contributed by atoms with Crippen LogP contribution in [0.1, 0.15) is 57.1 Å². The maximum Gasteiger partial charge on any atom is 0.196 e. The Balaban J connectivity index is 1.94. The lowest BCUT2D eigenvalue weighted by molar-refractivity contribution is -0.0613. The van der Waals surface area contributed by atoms with Gasteiger partial charge in [0.25, 0.3) is 0 Å². The summed E-state index contributed by atoms with van der Waals surface area (Å²) in [7, 11) is 0. The summed E-state index contributed by atoms with van der Waals surface area (Å²) < 4.78 is 11.1. The Kier molecular flexibility index (Phi) is 6.68. The van der Waals surface area contributed by atoms with Crippen molar-refractivity contribution in [3.05, 3.63) is 59.7 Å². The molecule has 3 heteroatoms. The van der Waals surface area contributed by atoms with Crippen LogP contribution in [0.25, 0.3) is 0 Å². The molecule has 0 radical (unpaired) electrons. The van der Waals surface area contributed by atoms with Crippen LogP contribution in [0.5, 0.6) is 11.5 Å². The van der Waals surface area contributed by atoms with Gasteiger partial charge in [-0.25, -0.2) is 0 Å². The highest BCUT2D eigenvalue weighted by molar-refractivity contribution is 5.31. The molecule has 3 nitrogen and oxygen atoms in total. The molecule has 0 heterocycles. The van der Waals surface area contributed by atoms with Crippen LogP contribution in [0.4, 0.5) is 0 Å². The molecule has 2 aromatic rings. The fourth-order valence-corrected chi connectivity index (χ4v) is 2.94. The normalized spacial score (nSPS) is 14.8. The topological polar surface area (TPSA) is 38.7 Å². The quantitative estimate of drug-likeness (QED) is 0.655. The maximum absolute atomic E-state index is 9.40. The highest BCUT2D eigenvalue weighted by Gasteiger charge is 2.13. The summed E-state index contributed by atoms with van der Waals surface area (Å²) in [6.07, 6.45) is 0.827. The highest BCUT2D eigenvalue weighted by Crippen LogP contribution is 2.31. The van der Waals surface area contributed by atoms with E-state index < -0.39 is 0 Å². The molecule has 2 rings (SSSR count). The zero-order chi connectivity index (χ0) is 17.5. The molecule has 0 aromatic heterocycles. The second-order valence-electron chi connectivity index (χ2n) is 6.34. The number of hydrogen-bond donors (Lipinski definition) is 1. The molecule has 0 aliphatic rings. The van der Waals surface area contributed by atoms with Crippen molar-refractivity contribution in [2.75, 3.05) is 6.61 Å². The summed E-state index contributed by atoms with van der Waals surface area (Å²) in [6.45, 7) is 8.98. The second-order valence-corrected chi connectivity index (χ2v) is 6.34. The fourth-order valence-electron chi connectivity index (χ4n) is 2.94. The van der Waals surface area contributed by atoms with Crippen molar-refractivity contribution in [3.63, 3.8) is 0 Å². The van der Waals surface area contributed by atoms with Crippen LogP contribution in [-0.4, -0.2) is 18.0 Å². The lowest BCUT2D eigenvalue weighted by Gasteiger charge is -2.19. The number of benzene rings is 2. The van der Waals surface area contributed by atoms with Crippen molar-refractivity contribution in [2.24, 2.45) is 0 Å². The van der Waals surface area contributed by atoms with Gasteiger partial charge in [0.15, 0.2) is 6.29 Å². The minimum absolute atomic E-state index is 0.229. The fraction of sp³-hybridized carbons (Fsp3) is 0.429. The van der Waals surface area contributed by atoms with E-state index in [1.165, 1.54) is 11.1 Å². The van der Waals surface area contributed by atoms with E-state index >= 15 is 0 Å². The highest BCUT2D eigenvalue weighted by atomic mass is 16.7. The monoisotopic (exact) mass is 328 g/mol. The molecule has 2 aromatic carbocycles. The maximum atomic E-state index is 9.40. The minimum Gasteiger partial charge on any atom is -0.508 e. The first-order valence-electron chi connectivity index (χ1n) is 8.66. The molecule has 0 bridgehead atoms. The van der Waals surface area contributed by atoms with Crippen LogP contribution >= 0.6 is 0 Å². The number of phenols is 1. The third kappa shape index (κ3) is 5.27. The first-order valence-corrected chi connectivity index (χ1v) is 8.66. The predicted octanol–water partition coefficient (Wildman–Crippen LogP) is 5.45. The van der Waals surface area contributed by atoms with Gasteiger partial charge in [-0.15, -0.1) is 0 Å². The van der Waals surface area contributed by atoms with E-state index in [2.05, 4.69) is 26.0 Å². The van der Waals surface area contributed by atoms with E-state index in [-0.39, 0.29) is 6.29 Å². The molecule has 3 atom stereocenters. The van der Waals surface area contributed by atoms with Gasteiger partial charge in [-0.05, 0) is 67.5 Å². The number of hydrogen-bond acceptors (Lipinski definition) is 3. The lowest BCUT2D eigenvalue weighted by Crippen LogP contribution is -2.15. The number of phenolic OH excluding ortho intramolecular Hbond substituents is 1. The standard InChI is InChI=1S/C21H28O3/c1-5-23-17(4)24-21-12-8-19(9-13-21)16(3)14-15(2)18-6-10-20(22)11-7-18/h6-13,15-17,22H,5,14H2,1-4H3. The van der Waals surface area contributed by atoms with Crippen molar-refractivity contribution in [3.8, 4) is 11.5 Å². The van der Waals surface area contributed by atoms with Gasteiger partial charge < -0.3 is 14.6 Å². The smallest absolute Gasteiger partial charge is 0.196 e. The summed E-state index contributed by atoms with van der Waals surface area (Å²) in [5.41, 5.74) is 2.56. The van der Waals surface area contributed by atoms with Crippen LogP contribution in [0, 0.1) is 0 Å². The summed E-state index contributed by atoms with van der Waals surface area (Å²) in [5.74, 6) is 2.04.